The zero-order valence-electron chi connectivity index (χ0n) is 10.0. The van der Waals surface area contributed by atoms with Crippen molar-refractivity contribution in [1.29, 1.82) is 0 Å². The average molecular weight is 315 g/mol. The highest BCUT2D eigenvalue weighted by molar-refractivity contribution is 9.10. The maximum atomic E-state index is 11.7. The van der Waals surface area contributed by atoms with Gasteiger partial charge in [0, 0.05) is 11.1 Å². The number of nitrogens with two attached hydrogens (primary N) is 1. The summed E-state index contributed by atoms with van der Waals surface area (Å²) in [6.07, 6.45) is 1.83. The third kappa shape index (κ3) is 1.94. The third-order valence-corrected chi connectivity index (χ3v) is 3.88. The largest absolute Gasteiger partial charge is 0.366 e. The van der Waals surface area contributed by atoms with Gasteiger partial charge in [0.25, 0.3) is 0 Å². The molecule has 3 rings (SSSR count). The monoisotopic (exact) mass is 314 g/mol. The van der Waals surface area contributed by atoms with E-state index in [4.69, 9.17) is 5.73 Å². The van der Waals surface area contributed by atoms with Crippen LogP contribution in [0.15, 0.2) is 48.5 Å². The van der Waals surface area contributed by atoms with Gasteiger partial charge in [0.1, 0.15) is 0 Å². The molecule has 2 N–H and O–H groups in total. The highest BCUT2D eigenvalue weighted by Gasteiger charge is 2.22. The topological polar surface area (TPSA) is 46.3 Å². The van der Waals surface area contributed by atoms with E-state index in [9.17, 15) is 4.79 Å². The van der Waals surface area contributed by atoms with Crippen molar-refractivity contribution >= 4 is 45.1 Å². The molecule has 94 valence electrons. The van der Waals surface area contributed by atoms with Crippen LogP contribution in [0.5, 0.6) is 0 Å². The van der Waals surface area contributed by atoms with Crippen LogP contribution in [0, 0.1) is 0 Å². The SMILES string of the molecule is NC(=O)C1=Cc2ccccc2N(Br)c2ccccc21. The molecule has 3 nitrogen and oxygen atoms in total. The number of nitrogens with zero attached hydrogens (tertiary/aromatic N) is 1. The number of para-hydroxylation sites is 2. The van der Waals surface area contributed by atoms with Gasteiger partial charge in [-0.25, -0.2) is 0 Å². The van der Waals surface area contributed by atoms with E-state index < -0.39 is 5.91 Å². The molecule has 0 radical (unpaired) electrons. The van der Waals surface area contributed by atoms with Crippen molar-refractivity contribution in [3.63, 3.8) is 0 Å². The maximum absolute atomic E-state index is 11.7. The molecule has 0 aromatic heterocycles. The lowest BCUT2D eigenvalue weighted by atomic mass is 10.0. The van der Waals surface area contributed by atoms with Gasteiger partial charge in [-0.2, -0.15) is 0 Å². The van der Waals surface area contributed by atoms with E-state index in [0.717, 1.165) is 22.5 Å². The fourth-order valence-corrected chi connectivity index (χ4v) is 2.86. The average Bonchev–Trinajstić information content (AvgIpc) is 2.56. The minimum atomic E-state index is -0.426. The summed E-state index contributed by atoms with van der Waals surface area (Å²) < 4.78 is 1.89. The standard InChI is InChI=1S/C15H11BrN2O/c16-18-13-7-3-1-5-10(13)9-12(15(17)19)11-6-2-4-8-14(11)18/h1-9H,(H2,17,19). The molecule has 2 aromatic rings. The number of halogens is 1. The van der Waals surface area contributed by atoms with Gasteiger partial charge >= 0.3 is 0 Å². The molecule has 19 heavy (non-hydrogen) atoms. The molecule has 0 spiro atoms. The molecule has 2 aromatic carbocycles. The van der Waals surface area contributed by atoms with Gasteiger partial charge in [-0.15, -0.1) is 0 Å². The Balaban J connectivity index is 2.35. The summed E-state index contributed by atoms with van der Waals surface area (Å²) in [6.45, 7) is 0. The molecule has 1 heterocycles. The van der Waals surface area contributed by atoms with Crippen molar-refractivity contribution in [3.05, 3.63) is 59.7 Å². The fraction of sp³-hybridized carbons (Fsp3) is 0. The first-order chi connectivity index (χ1) is 9.18. The summed E-state index contributed by atoms with van der Waals surface area (Å²) >= 11 is 3.56. The summed E-state index contributed by atoms with van der Waals surface area (Å²) in [6, 6.07) is 15.5. The van der Waals surface area contributed by atoms with E-state index in [1.807, 2.05) is 58.5 Å². The Kier molecular flexibility index (Phi) is 2.87. The van der Waals surface area contributed by atoms with Crippen LogP contribution in [-0.2, 0) is 4.79 Å². The summed E-state index contributed by atoms with van der Waals surface area (Å²) in [5, 5.41) is 0. The van der Waals surface area contributed by atoms with Crippen LogP contribution in [0.25, 0.3) is 11.6 Å². The number of carbonyl (C=O) groups is 1. The van der Waals surface area contributed by atoms with E-state index in [1.54, 1.807) is 0 Å². The minimum Gasteiger partial charge on any atom is -0.366 e. The Labute approximate surface area is 119 Å². The van der Waals surface area contributed by atoms with Gasteiger partial charge in [0.05, 0.1) is 27.5 Å². The van der Waals surface area contributed by atoms with E-state index in [2.05, 4.69) is 16.1 Å². The first-order valence-corrected chi connectivity index (χ1v) is 6.55. The number of hydrogen-bond donors (Lipinski definition) is 1. The molecule has 4 heteroatoms. The van der Waals surface area contributed by atoms with Crippen molar-refractivity contribution in [2.45, 2.75) is 0 Å². The van der Waals surface area contributed by atoms with Crippen molar-refractivity contribution in [2.75, 3.05) is 3.93 Å². The number of primary amides is 1. The number of amides is 1. The summed E-state index contributed by atoms with van der Waals surface area (Å²) in [7, 11) is 0. The lowest BCUT2D eigenvalue weighted by molar-refractivity contribution is -0.112. The first-order valence-electron chi connectivity index (χ1n) is 5.84. The van der Waals surface area contributed by atoms with Crippen molar-refractivity contribution < 1.29 is 4.79 Å². The number of carbonyl (C=O) groups excluding carboxylic acids is 1. The first kappa shape index (κ1) is 12.0. The van der Waals surface area contributed by atoms with Gasteiger partial charge in [0.15, 0.2) is 0 Å². The van der Waals surface area contributed by atoms with Crippen LogP contribution in [0.1, 0.15) is 11.1 Å². The Hall–Kier alpha value is -2.07. The Morgan fingerprint density at radius 1 is 1.00 bits per heavy atom. The second-order valence-corrected chi connectivity index (χ2v) is 4.99. The van der Waals surface area contributed by atoms with Crippen LogP contribution in [0.2, 0.25) is 0 Å². The quantitative estimate of drug-likeness (QED) is 0.819. The maximum Gasteiger partial charge on any atom is 0.249 e. The van der Waals surface area contributed by atoms with Crippen molar-refractivity contribution in [1.82, 2.24) is 0 Å². The lowest BCUT2D eigenvalue weighted by Gasteiger charge is -2.19. The number of fused-ring (bicyclic) bond motifs is 2. The molecule has 0 saturated carbocycles. The van der Waals surface area contributed by atoms with Crippen LogP contribution < -0.4 is 9.66 Å². The second-order valence-electron chi connectivity index (χ2n) is 4.28. The van der Waals surface area contributed by atoms with E-state index in [-0.39, 0.29) is 0 Å². The molecular weight excluding hydrogens is 304 g/mol. The zero-order valence-corrected chi connectivity index (χ0v) is 11.6. The van der Waals surface area contributed by atoms with Crippen molar-refractivity contribution in [2.24, 2.45) is 5.73 Å². The van der Waals surface area contributed by atoms with Crippen LogP contribution >= 0.6 is 16.1 Å². The van der Waals surface area contributed by atoms with Crippen molar-refractivity contribution in [3.8, 4) is 0 Å². The molecule has 0 aliphatic carbocycles. The van der Waals surface area contributed by atoms with Gasteiger partial charge in [-0.3, -0.25) is 8.72 Å². The fourth-order valence-electron chi connectivity index (χ4n) is 2.23. The molecular formula is C15H11BrN2O. The molecule has 0 unspecified atom stereocenters. The Morgan fingerprint density at radius 3 is 2.37 bits per heavy atom. The molecule has 0 saturated heterocycles. The Morgan fingerprint density at radius 2 is 1.63 bits per heavy atom. The predicted octanol–water partition coefficient (Wildman–Crippen LogP) is 3.47. The molecule has 1 aliphatic heterocycles. The molecule has 1 amide bonds. The van der Waals surface area contributed by atoms with E-state index in [1.165, 1.54) is 0 Å². The number of benzene rings is 2. The predicted molar refractivity (Wildman–Crippen MR) is 81.0 cm³/mol. The van der Waals surface area contributed by atoms with E-state index >= 15 is 0 Å². The minimum absolute atomic E-state index is 0.426. The second kappa shape index (κ2) is 4.55. The van der Waals surface area contributed by atoms with Gasteiger partial charge in [-0.1, -0.05) is 36.4 Å². The summed E-state index contributed by atoms with van der Waals surface area (Å²) in [5.41, 5.74) is 9.68. The Bertz CT molecular complexity index is 694. The van der Waals surface area contributed by atoms with Crippen LogP contribution in [0.4, 0.5) is 11.4 Å². The van der Waals surface area contributed by atoms with Crippen LogP contribution in [0.3, 0.4) is 0 Å². The summed E-state index contributed by atoms with van der Waals surface area (Å²) in [4.78, 5) is 11.7. The third-order valence-electron chi connectivity index (χ3n) is 3.12. The van der Waals surface area contributed by atoms with E-state index in [0.29, 0.717) is 5.57 Å². The van der Waals surface area contributed by atoms with Gasteiger partial charge in [0.2, 0.25) is 5.91 Å². The lowest BCUT2D eigenvalue weighted by Crippen LogP contribution is -2.13. The van der Waals surface area contributed by atoms with Gasteiger partial charge < -0.3 is 5.73 Å². The number of anilines is 2. The van der Waals surface area contributed by atoms with Crippen LogP contribution in [-0.4, -0.2) is 5.91 Å². The zero-order chi connectivity index (χ0) is 13.4. The highest BCUT2D eigenvalue weighted by Crippen LogP contribution is 2.41. The molecule has 0 atom stereocenters. The molecule has 0 bridgehead atoms. The number of hydrogen-bond acceptors (Lipinski definition) is 2. The molecule has 0 fully saturated rings. The van der Waals surface area contributed by atoms with Gasteiger partial charge in [-0.05, 0) is 23.8 Å². The summed E-state index contributed by atoms with van der Waals surface area (Å²) in [5.74, 6) is -0.426. The number of rotatable bonds is 1. The highest BCUT2D eigenvalue weighted by atomic mass is 79.9. The normalized spacial score (nSPS) is 13.1. The smallest absolute Gasteiger partial charge is 0.249 e. The molecule has 1 aliphatic rings.